The molecule has 1 aliphatic carbocycles. The lowest BCUT2D eigenvalue weighted by atomic mass is 9.98. The Bertz CT molecular complexity index is 392. The summed E-state index contributed by atoms with van der Waals surface area (Å²) in [6, 6.07) is 3.97. The van der Waals surface area contributed by atoms with Crippen LogP contribution in [0.1, 0.15) is 37.6 Å². The largest absolute Gasteiger partial charge is 0.497 e. The van der Waals surface area contributed by atoms with Crippen molar-refractivity contribution in [3.05, 3.63) is 23.5 Å². The van der Waals surface area contributed by atoms with Gasteiger partial charge in [0.15, 0.2) is 0 Å². The van der Waals surface area contributed by atoms with Crippen molar-refractivity contribution in [1.29, 1.82) is 0 Å². The second-order valence-corrected chi connectivity index (χ2v) is 5.44. The number of pyridine rings is 1. The molecular formula is C15H24N2O. The lowest BCUT2D eigenvalue weighted by Gasteiger charge is -2.16. The molecule has 1 heterocycles. The summed E-state index contributed by atoms with van der Waals surface area (Å²) in [7, 11) is 1.70. The van der Waals surface area contributed by atoms with Crippen LogP contribution in [0.15, 0.2) is 12.1 Å². The second-order valence-electron chi connectivity index (χ2n) is 5.44. The van der Waals surface area contributed by atoms with E-state index in [9.17, 15) is 0 Å². The highest BCUT2D eigenvalue weighted by Crippen LogP contribution is 2.30. The Morgan fingerprint density at radius 3 is 2.89 bits per heavy atom. The fourth-order valence-corrected chi connectivity index (χ4v) is 2.82. The molecule has 0 aliphatic heterocycles. The Morgan fingerprint density at radius 1 is 1.39 bits per heavy atom. The van der Waals surface area contributed by atoms with Gasteiger partial charge in [0.1, 0.15) is 5.75 Å². The van der Waals surface area contributed by atoms with Crippen molar-refractivity contribution in [2.75, 3.05) is 13.7 Å². The molecule has 1 fully saturated rings. The molecule has 0 radical (unpaired) electrons. The summed E-state index contributed by atoms with van der Waals surface area (Å²) in [6.45, 7) is 6.32. The van der Waals surface area contributed by atoms with Crippen molar-refractivity contribution in [1.82, 2.24) is 10.3 Å². The van der Waals surface area contributed by atoms with Gasteiger partial charge in [-0.05, 0) is 31.7 Å². The number of methoxy groups -OCH3 is 1. The van der Waals surface area contributed by atoms with E-state index in [1.54, 1.807) is 7.11 Å². The molecule has 2 unspecified atom stereocenters. The number of aromatic nitrogens is 1. The summed E-state index contributed by atoms with van der Waals surface area (Å²) in [6.07, 6.45) is 4.16. The molecule has 0 bridgehead atoms. The molecule has 1 aromatic heterocycles. The van der Waals surface area contributed by atoms with E-state index in [0.717, 1.165) is 42.1 Å². The fourth-order valence-electron chi connectivity index (χ4n) is 2.82. The molecule has 0 spiro atoms. The first-order chi connectivity index (χ1) is 8.69. The molecule has 1 N–H and O–H groups in total. The number of nitrogens with zero attached hydrogens (tertiary/aromatic N) is 1. The predicted molar refractivity (Wildman–Crippen MR) is 73.7 cm³/mol. The van der Waals surface area contributed by atoms with Gasteiger partial charge in [-0.2, -0.15) is 0 Å². The molecule has 0 aromatic carbocycles. The Labute approximate surface area is 110 Å². The molecule has 100 valence electrons. The van der Waals surface area contributed by atoms with Crippen molar-refractivity contribution in [3.63, 3.8) is 0 Å². The second kappa shape index (κ2) is 6.19. The Morgan fingerprint density at radius 2 is 2.22 bits per heavy atom. The summed E-state index contributed by atoms with van der Waals surface area (Å²) in [5, 5.41) is 3.53. The van der Waals surface area contributed by atoms with Crippen LogP contribution < -0.4 is 10.1 Å². The van der Waals surface area contributed by atoms with Gasteiger partial charge in [0.05, 0.1) is 12.8 Å². The van der Waals surface area contributed by atoms with Crippen LogP contribution in [0, 0.1) is 18.8 Å². The minimum absolute atomic E-state index is 0.835. The zero-order chi connectivity index (χ0) is 13.0. The predicted octanol–water partition coefficient (Wildman–Crippen LogP) is 2.92. The van der Waals surface area contributed by atoms with Gasteiger partial charge in [-0.25, -0.2) is 0 Å². The van der Waals surface area contributed by atoms with Crippen LogP contribution in [-0.2, 0) is 6.54 Å². The number of hydrogen-bond acceptors (Lipinski definition) is 3. The van der Waals surface area contributed by atoms with Crippen molar-refractivity contribution in [2.45, 2.75) is 39.7 Å². The Hall–Kier alpha value is -1.09. The van der Waals surface area contributed by atoms with E-state index in [4.69, 9.17) is 4.74 Å². The van der Waals surface area contributed by atoms with Gasteiger partial charge in [-0.15, -0.1) is 0 Å². The molecule has 0 saturated heterocycles. The third kappa shape index (κ3) is 3.45. The van der Waals surface area contributed by atoms with E-state index in [-0.39, 0.29) is 0 Å². The summed E-state index contributed by atoms with van der Waals surface area (Å²) < 4.78 is 5.26. The highest BCUT2D eigenvalue weighted by atomic mass is 16.5. The summed E-state index contributed by atoms with van der Waals surface area (Å²) in [5.74, 6) is 2.61. The minimum atomic E-state index is 0.835. The lowest BCUT2D eigenvalue weighted by Crippen LogP contribution is -2.24. The Kier molecular flexibility index (Phi) is 4.59. The summed E-state index contributed by atoms with van der Waals surface area (Å²) in [4.78, 5) is 4.52. The quantitative estimate of drug-likeness (QED) is 0.870. The van der Waals surface area contributed by atoms with Gasteiger partial charge in [0.2, 0.25) is 0 Å². The van der Waals surface area contributed by atoms with Gasteiger partial charge in [0, 0.05) is 24.4 Å². The van der Waals surface area contributed by atoms with Gasteiger partial charge < -0.3 is 10.1 Å². The van der Waals surface area contributed by atoms with Gasteiger partial charge in [-0.3, -0.25) is 4.98 Å². The molecule has 18 heavy (non-hydrogen) atoms. The molecular weight excluding hydrogens is 224 g/mol. The molecule has 0 amide bonds. The zero-order valence-electron chi connectivity index (χ0n) is 11.7. The van der Waals surface area contributed by atoms with E-state index in [1.807, 2.05) is 19.1 Å². The van der Waals surface area contributed by atoms with E-state index < -0.39 is 0 Å². The maximum absolute atomic E-state index is 5.26. The molecule has 2 atom stereocenters. The Balaban J connectivity index is 1.84. The van der Waals surface area contributed by atoms with Crippen LogP contribution in [0.2, 0.25) is 0 Å². The minimum Gasteiger partial charge on any atom is -0.497 e. The number of ether oxygens (including phenoxy) is 1. The maximum atomic E-state index is 5.26. The smallest absolute Gasteiger partial charge is 0.122 e. The standard InChI is InChI=1S/C15H24N2O/c1-11-5-4-6-13(11)9-16-10-14-8-15(18-3)7-12(2)17-14/h7-8,11,13,16H,4-6,9-10H2,1-3H3. The van der Waals surface area contributed by atoms with E-state index in [2.05, 4.69) is 17.2 Å². The topological polar surface area (TPSA) is 34.1 Å². The van der Waals surface area contributed by atoms with Crippen molar-refractivity contribution < 1.29 is 4.74 Å². The number of hydrogen-bond donors (Lipinski definition) is 1. The van der Waals surface area contributed by atoms with Crippen LogP contribution >= 0.6 is 0 Å². The monoisotopic (exact) mass is 248 g/mol. The maximum Gasteiger partial charge on any atom is 0.122 e. The fraction of sp³-hybridized carbons (Fsp3) is 0.667. The number of nitrogens with one attached hydrogen (secondary N) is 1. The highest BCUT2D eigenvalue weighted by Gasteiger charge is 2.22. The first-order valence-electron chi connectivity index (χ1n) is 6.91. The van der Waals surface area contributed by atoms with Crippen molar-refractivity contribution in [3.8, 4) is 5.75 Å². The molecule has 1 aliphatic rings. The summed E-state index contributed by atoms with van der Waals surface area (Å²) >= 11 is 0. The number of aryl methyl sites for hydroxylation is 1. The average Bonchev–Trinajstić information content (AvgIpc) is 2.74. The van der Waals surface area contributed by atoms with E-state index in [0.29, 0.717) is 0 Å². The van der Waals surface area contributed by atoms with Gasteiger partial charge >= 0.3 is 0 Å². The van der Waals surface area contributed by atoms with Crippen LogP contribution in [0.3, 0.4) is 0 Å². The molecule has 1 saturated carbocycles. The van der Waals surface area contributed by atoms with Crippen LogP contribution in [-0.4, -0.2) is 18.6 Å². The molecule has 3 heteroatoms. The lowest BCUT2D eigenvalue weighted by molar-refractivity contribution is 0.389. The van der Waals surface area contributed by atoms with Crippen LogP contribution in [0.25, 0.3) is 0 Å². The third-order valence-electron chi connectivity index (χ3n) is 3.97. The van der Waals surface area contributed by atoms with Gasteiger partial charge in [-0.1, -0.05) is 19.8 Å². The van der Waals surface area contributed by atoms with Crippen molar-refractivity contribution >= 4 is 0 Å². The first-order valence-corrected chi connectivity index (χ1v) is 6.91. The number of rotatable bonds is 5. The van der Waals surface area contributed by atoms with Crippen molar-refractivity contribution in [2.24, 2.45) is 11.8 Å². The van der Waals surface area contributed by atoms with Crippen LogP contribution in [0.4, 0.5) is 0 Å². The SMILES string of the molecule is COc1cc(C)nc(CNCC2CCCC2C)c1. The van der Waals surface area contributed by atoms with Crippen LogP contribution in [0.5, 0.6) is 5.75 Å². The molecule has 3 nitrogen and oxygen atoms in total. The van der Waals surface area contributed by atoms with Gasteiger partial charge in [0.25, 0.3) is 0 Å². The zero-order valence-corrected chi connectivity index (χ0v) is 11.7. The molecule has 2 rings (SSSR count). The summed E-state index contributed by atoms with van der Waals surface area (Å²) in [5.41, 5.74) is 2.08. The van der Waals surface area contributed by atoms with E-state index >= 15 is 0 Å². The van der Waals surface area contributed by atoms with E-state index in [1.165, 1.54) is 19.3 Å². The normalized spacial score (nSPS) is 23.3. The average molecular weight is 248 g/mol. The third-order valence-corrected chi connectivity index (χ3v) is 3.97. The molecule has 1 aromatic rings. The highest BCUT2D eigenvalue weighted by molar-refractivity contribution is 5.26. The first kappa shape index (κ1) is 13.3.